The zero-order chi connectivity index (χ0) is 11.4. The highest BCUT2D eigenvalue weighted by molar-refractivity contribution is 9.10. The van der Waals surface area contributed by atoms with Crippen molar-refractivity contribution in [2.75, 3.05) is 0 Å². The van der Waals surface area contributed by atoms with Crippen molar-refractivity contribution in [2.45, 2.75) is 13.1 Å². The Balaban J connectivity index is 1.92. The molecular weight excluding hydrogens is 271 g/mol. The molecule has 0 spiro atoms. The fourth-order valence-electron chi connectivity index (χ4n) is 1.49. The summed E-state index contributed by atoms with van der Waals surface area (Å²) in [6.45, 7) is 1.41. The summed E-state index contributed by atoms with van der Waals surface area (Å²) in [4.78, 5) is 2.99. The molecule has 84 valence electrons. The minimum Gasteiger partial charge on any atom is -0.367 e. The van der Waals surface area contributed by atoms with Crippen molar-refractivity contribution in [3.63, 3.8) is 0 Å². The van der Waals surface area contributed by atoms with Crippen molar-refractivity contribution in [2.24, 2.45) is 0 Å². The zero-order valence-corrected chi connectivity index (χ0v) is 10.2. The summed E-state index contributed by atoms with van der Waals surface area (Å²) in [5, 5.41) is 3.26. The van der Waals surface area contributed by atoms with E-state index < -0.39 is 0 Å². The maximum atomic E-state index is 13.0. The number of halogens is 2. The van der Waals surface area contributed by atoms with Gasteiger partial charge in [0.05, 0.1) is 0 Å². The van der Waals surface area contributed by atoms with Crippen LogP contribution in [-0.2, 0) is 13.1 Å². The molecule has 0 saturated heterocycles. The first kappa shape index (κ1) is 11.4. The van der Waals surface area contributed by atoms with Gasteiger partial charge in [0.1, 0.15) is 5.82 Å². The number of nitrogens with one attached hydrogen (secondary N) is 2. The van der Waals surface area contributed by atoms with E-state index in [1.165, 1.54) is 17.7 Å². The molecule has 1 heterocycles. The molecule has 0 atom stereocenters. The number of rotatable bonds is 4. The van der Waals surface area contributed by atoms with E-state index in [1.807, 2.05) is 18.5 Å². The van der Waals surface area contributed by atoms with Gasteiger partial charge in [-0.25, -0.2) is 4.39 Å². The number of hydrogen-bond acceptors (Lipinski definition) is 1. The SMILES string of the molecule is Fc1ccc(Br)c(CNCc2cc[nH]c2)c1. The molecule has 0 unspecified atom stereocenters. The van der Waals surface area contributed by atoms with Crippen molar-refractivity contribution in [1.82, 2.24) is 10.3 Å². The molecule has 0 radical (unpaired) electrons. The van der Waals surface area contributed by atoms with Crippen LogP contribution in [0.4, 0.5) is 4.39 Å². The van der Waals surface area contributed by atoms with Crippen LogP contribution in [0.25, 0.3) is 0 Å². The van der Waals surface area contributed by atoms with Gasteiger partial charge in [-0.1, -0.05) is 15.9 Å². The van der Waals surface area contributed by atoms with E-state index in [1.54, 1.807) is 6.07 Å². The molecule has 2 rings (SSSR count). The van der Waals surface area contributed by atoms with Crippen LogP contribution in [0.15, 0.2) is 41.1 Å². The molecule has 0 bridgehead atoms. The van der Waals surface area contributed by atoms with Crippen molar-refractivity contribution in [1.29, 1.82) is 0 Å². The first-order valence-electron chi connectivity index (χ1n) is 5.02. The molecule has 2 N–H and O–H groups in total. The van der Waals surface area contributed by atoms with Crippen LogP contribution < -0.4 is 5.32 Å². The number of aromatic amines is 1. The molecule has 0 saturated carbocycles. The minimum absolute atomic E-state index is 0.207. The Hall–Kier alpha value is -1.13. The Labute approximate surface area is 102 Å². The molecule has 0 aliphatic rings. The largest absolute Gasteiger partial charge is 0.367 e. The van der Waals surface area contributed by atoms with Crippen LogP contribution in [0.2, 0.25) is 0 Å². The van der Waals surface area contributed by atoms with Gasteiger partial charge in [-0.15, -0.1) is 0 Å². The summed E-state index contributed by atoms with van der Waals surface area (Å²) < 4.78 is 13.9. The van der Waals surface area contributed by atoms with Crippen molar-refractivity contribution >= 4 is 15.9 Å². The lowest BCUT2D eigenvalue weighted by atomic mass is 10.2. The number of aromatic nitrogens is 1. The van der Waals surface area contributed by atoms with Gasteiger partial charge in [-0.2, -0.15) is 0 Å². The van der Waals surface area contributed by atoms with E-state index in [4.69, 9.17) is 0 Å². The maximum absolute atomic E-state index is 13.0. The molecule has 4 heteroatoms. The predicted molar refractivity (Wildman–Crippen MR) is 65.4 cm³/mol. The summed E-state index contributed by atoms with van der Waals surface area (Å²) in [6, 6.07) is 6.71. The molecule has 0 aliphatic carbocycles. The van der Waals surface area contributed by atoms with Crippen LogP contribution >= 0.6 is 15.9 Å². The van der Waals surface area contributed by atoms with Gasteiger partial charge in [-0.3, -0.25) is 0 Å². The molecule has 16 heavy (non-hydrogen) atoms. The van der Waals surface area contributed by atoms with Gasteiger partial charge in [0.15, 0.2) is 0 Å². The summed E-state index contributed by atoms with van der Waals surface area (Å²) in [5.74, 6) is -0.207. The summed E-state index contributed by atoms with van der Waals surface area (Å²) in [7, 11) is 0. The van der Waals surface area contributed by atoms with Gasteiger partial charge < -0.3 is 10.3 Å². The Morgan fingerprint density at radius 2 is 2.12 bits per heavy atom. The Bertz CT molecular complexity index is 454. The zero-order valence-electron chi connectivity index (χ0n) is 8.63. The molecule has 0 amide bonds. The highest BCUT2D eigenvalue weighted by atomic mass is 79.9. The third-order valence-corrected chi connectivity index (χ3v) is 3.09. The predicted octanol–water partition coefficient (Wildman–Crippen LogP) is 3.21. The van der Waals surface area contributed by atoms with Crippen LogP contribution in [0.1, 0.15) is 11.1 Å². The molecule has 2 nitrogen and oxygen atoms in total. The summed E-state index contributed by atoms with van der Waals surface area (Å²) in [6.07, 6.45) is 3.82. The average molecular weight is 283 g/mol. The van der Waals surface area contributed by atoms with E-state index in [0.717, 1.165) is 16.6 Å². The maximum Gasteiger partial charge on any atom is 0.123 e. The highest BCUT2D eigenvalue weighted by Crippen LogP contribution is 2.17. The van der Waals surface area contributed by atoms with E-state index in [0.29, 0.717) is 6.54 Å². The summed E-state index contributed by atoms with van der Waals surface area (Å²) >= 11 is 3.40. The molecule has 0 aliphatic heterocycles. The van der Waals surface area contributed by atoms with Gasteiger partial charge in [0.2, 0.25) is 0 Å². The first-order chi connectivity index (χ1) is 7.75. The molecule has 2 aromatic rings. The Kier molecular flexibility index (Phi) is 3.74. The molecular formula is C12H12BrFN2. The summed E-state index contributed by atoms with van der Waals surface area (Å²) in [5.41, 5.74) is 2.11. The van der Waals surface area contributed by atoms with Crippen LogP contribution in [0.3, 0.4) is 0 Å². The normalized spacial score (nSPS) is 10.6. The van der Waals surface area contributed by atoms with Gasteiger partial charge in [0, 0.05) is 30.0 Å². The standard InChI is InChI=1S/C12H12BrFN2/c13-12-2-1-11(14)5-10(12)8-16-7-9-3-4-15-6-9/h1-6,15-16H,7-8H2. The third kappa shape index (κ3) is 2.93. The number of H-pyrrole nitrogens is 1. The second kappa shape index (κ2) is 5.27. The topological polar surface area (TPSA) is 27.8 Å². The van der Waals surface area contributed by atoms with Gasteiger partial charge in [-0.05, 0) is 35.4 Å². The van der Waals surface area contributed by atoms with Crippen molar-refractivity contribution in [3.05, 3.63) is 58.1 Å². The lowest BCUT2D eigenvalue weighted by Gasteiger charge is -2.06. The Morgan fingerprint density at radius 3 is 2.88 bits per heavy atom. The van der Waals surface area contributed by atoms with E-state index in [2.05, 4.69) is 26.2 Å². The highest BCUT2D eigenvalue weighted by Gasteiger charge is 2.01. The number of benzene rings is 1. The van der Waals surface area contributed by atoms with Crippen LogP contribution in [0.5, 0.6) is 0 Å². The second-order valence-corrected chi connectivity index (χ2v) is 4.41. The van der Waals surface area contributed by atoms with Gasteiger partial charge in [0.25, 0.3) is 0 Å². The lowest BCUT2D eigenvalue weighted by molar-refractivity contribution is 0.619. The van der Waals surface area contributed by atoms with Gasteiger partial charge >= 0.3 is 0 Å². The Morgan fingerprint density at radius 1 is 1.25 bits per heavy atom. The molecule has 1 aromatic heterocycles. The smallest absolute Gasteiger partial charge is 0.123 e. The second-order valence-electron chi connectivity index (χ2n) is 3.56. The minimum atomic E-state index is -0.207. The van der Waals surface area contributed by atoms with Crippen molar-refractivity contribution < 1.29 is 4.39 Å². The van der Waals surface area contributed by atoms with Crippen molar-refractivity contribution in [3.8, 4) is 0 Å². The first-order valence-corrected chi connectivity index (χ1v) is 5.81. The van der Waals surface area contributed by atoms with E-state index in [9.17, 15) is 4.39 Å². The molecule has 0 fully saturated rings. The monoisotopic (exact) mass is 282 g/mol. The fraction of sp³-hybridized carbons (Fsp3) is 0.167. The van der Waals surface area contributed by atoms with E-state index >= 15 is 0 Å². The van der Waals surface area contributed by atoms with Crippen LogP contribution in [0, 0.1) is 5.82 Å². The van der Waals surface area contributed by atoms with E-state index in [-0.39, 0.29) is 5.82 Å². The molecule has 1 aromatic carbocycles. The lowest BCUT2D eigenvalue weighted by Crippen LogP contribution is -2.12. The fourth-order valence-corrected chi connectivity index (χ4v) is 1.88. The third-order valence-electron chi connectivity index (χ3n) is 2.31. The quantitative estimate of drug-likeness (QED) is 0.886. The average Bonchev–Trinajstić information content (AvgIpc) is 2.76. The number of hydrogen-bond donors (Lipinski definition) is 2. The van der Waals surface area contributed by atoms with Crippen LogP contribution in [-0.4, -0.2) is 4.98 Å².